The number of hydrogen-bond acceptors (Lipinski definition) is 5. The topological polar surface area (TPSA) is 64.4 Å². The van der Waals surface area contributed by atoms with Crippen molar-refractivity contribution < 1.29 is 14.3 Å². The Morgan fingerprint density at radius 2 is 1.87 bits per heavy atom. The minimum Gasteiger partial charge on any atom is -0.452 e. The number of likely N-dealkylation sites (tertiary alicyclic amines) is 1. The molecule has 1 fully saturated rings. The summed E-state index contributed by atoms with van der Waals surface area (Å²) in [5, 5.41) is 6.69. The average Bonchev–Trinajstić information content (AvgIpc) is 3.47. The Balaban J connectivity index is 1.46. The molecule has 30 heavy (non-hydrogen) atoms. The van der Waals surface area contributed by atoms with Gasteiger partial charge in [0.15, 0.2) is 6.61 Å². The summed E-state index contributed by atoms with van der Waals surface area (Å²) in [5.74, 6) is -0.669. The molecule has 0 bridgehead atoms. The Labute approximate surface area is 179 Å². The summed E-state index contributed by atoms with van der Waals surface area (Å²) in [6.07, 6.45) is 8.09. The maximum Gasteiger partial charge on any atom is 0.331 e. The van der Waals surface area contributed by atoms with Gasteiger partial charge in [0, 0.05) is 30.9 Å². The molecule has 0 unspecified atom stereocenters. The monoisotopic (exact) mass is 421 g/mol. The molecule has 0 saturated carbocycles. The highest BCUT2D eigenvalue weighted by Gasteiger charge is 2.17. The summed E-state index contributed by atoms with van der Waals surface area (Å²) in [5.41, 5.74) is 2.53. The lowest BCUT2D eigenvalue weighted by molar-refractivity contribution is -0.148. The standard InChI is InChI=1S/C23H23N3O3S/c27-21(25-13-5-2-6-14-25)17-29-22(28)12-11-18-16-26(19-8-3-1-4-9-19)24-23(18)20-10-7-15-30-20/h1,3-4,7-12,15-16H,2,5-6,13-14,17H2/b12-11+. The fourth-order valence-corrected chi connectivity index (χ4v) is 4.13. The Kier molecular flexibility index (Phi) is 6.39. The molecule has 4 rings (SSSR count). The molecule has 0 radical (unpaired) electrons. The van der Waals surface area contributed by atoms with Gasteiger partial charge in [-0.2, -0.15) is 5.10 Å². The molecular weight excluding hydrogens is 398 g/mol. The number of carbonyl (C=O) groups excluding carboxylic acids is 2. The smallest absolute Gasteiger partial charge is 0.331 e. The fourth-order valence-electron chi connectivity index (χ4n) is 3.40. The van der Waals surface area contributed by atoms with Crippen LogP contribution in [0, 0.1) is 0 Å². The van der Waals surface area contributed by atoms with Gasteiger partial charge in [-0.15, -0.1) is 11.3 Å². The van der Waals surface area contributed by atoms with Crippen LogP contribution in [0.5, 0.6) is 0 Å². The van der Waals surface area contributed by atoms with E-state index in [1.165, 1.54) is 6.08 Å². The van der Waals surface area contributed by atoms with Crippen LogP contribution >= 0.6 is 11.3 Å². The molecule has 0 atom stereocenters. The lowest BCUT2D eigenvalue weighted by atomic mass is 10.1. The minimum atomic E-state index is -0.537. The largest absolute Gasteiger partial charge is 0.452 e. The van der Waals surface area contributed by atoms with Crippen molar-refractivity contribution in [3.63, 3.8) is 0 Å². The predicted octanol–water partition coefficient (Wildman–Crippen LogP) is 4.17. The van der Waals surface area contributed by atoms with Crippen LogP contribution < -0.4 is 0 Å². The van der Waals surface area contributed by atoms with E-state index in [4.69, 9.17) is 9.84 Å². The van der Waals surface area contributed by atoms with Crippen LogP contribution in [0.2, 0.25) is 0 Å². The first-order valence-electron chi connectivity index (χ1n) is 10.0. The third-order valence-corrected chi connectivity index (χ3v) is 5.84. The van der Waals surface area contributed by atoms with Crippen LogP contribution in [0.15, 0.2) is 60.1 Å². The summed E-state index contributed by atoms with van der Waals surface area (Å²) in [6.45, 7) is 1.27. The Morgan fingerprint density at radius 3 is 2.60 bits per heavy atom. The second-order valence-corrected chi connectivity index (χ2v) is 8.02. The summed E-state index contributed by atoms with van der Waals surface area (Å²) in [4.78, 5) is 27.1. The van der Waals surface area contributed by atoms with E-state index in [1.807, 2.05) is 54.0 Å². The molecule has 1 saturated heterocycles. The summed E-state index contributed by atoms with van der Waals surface area (Å²) in [6, 6.07) is 13.8. The lowest BCUT2D eigenvalue weighted by Crippen LogP contribution is -2.38. The van der Waals surface area contributed by atoms with Crippen LogP contribution in [0.25, 0.3) is 22.3 Å². The molecule has 3 heterocycles. The zero-order valence-electron chi connectivity index (χ0n) is 16.6. The number of ether oxygens (including phenoxy) is 1. The third kappa shape index (κ3) is 4.86. The Bertz CT molecular complexity index is 1020. The maximum atomic E-state index is 12.2. The van der Waals surface area contributed by atoms with Gasteiger partial charge in [-0.3, -0.25) is 4.79 Å². The van der Waals surface area contributed by atoms with Crippen LogP contribution in [0.3, 0.4) is 0 Å². The van der Waals surface area contributed by atoms with Gasteiger partial charge < -0.3 is 9.64 Å². The van der Waals surface area contributed by atoms with Crippen molar-refractivity contribution in [3.8, 4) is 16.3 Å². The summed E-state index contributed by atoms with van der Waals surface area (Å²) >= 11 is 1.59. The summed E-state index contributed by atoms with van der Waals surface area (Å²) < 4.78 is 6.95. The lowest BCUT2D eigenvalue weighted by Gasteiger charge is -2.26. The van der Waals surface area contributed by atoms with Crippen molar-refractivity contribution in [2.45, 2.75) is 19.3 Å². The van der Waals surface area contributed by atoms with E-state index in [1.54, 1.807) is 27.0 Å². The normalized spacial score (nSPS) is 14.2. The van der Waals surface area contributed by atoms with E-state index < -0.39 is 5.97 Å². The first-order chi connectivity index (χ1) is 14.7. The van der Waals surface area contributed by atoms with Gasteiger partial charge in [0.1, 0.15) is 5.69 Å². The summed E-state index contributed by atoms with van der Waals surface area (Å²) in [7, 11) is 0. The highest BCUT2D eigenvalue weighted by molar-refractivity contribution is 7.13. The van der Waals surface area contributed by atoms with Gasteiger partial charge in [0.2, 0.25) is 0 Å². The number of rotatable bonds is 6. The molecule has 0 N–H and O–H groups in total. The number of hydrogen-bond donors (Lipinski definition) is 0. The molecule has 0 spiro atoms. The van der Waals surface area contributed by atoms with E-state index in [9.17, 15) is 9.59 Å². The third-order valence-electron chi connectivity index (χ3n) is 4.96. The van der Waals surface area contributed by atoms with E-state index in [0.29, 0.717) is 0 Å². The molecule has 6 nitrogen and oxygen atoms in total. The predicted molar refractivity (Wildman–Crippen MR) is 117 cm³/mol. The number of benzene rings is 1. The van der Waals surface area contributed by atoms with E-state index >= 15 is 0 Å². The number of aromatic nitrogens is 2. The van der Waals surface area contributed by atoms with E-state index in [2.05, 4.69) is 0 Å². The highest BCUT2D eigenvalue weighted by Crippen LogP contribution is 2.28. The number of para-hydroxylation sites is 1. The highest BCUT2D eigenvalue weighted by atomic mass is 32.1. The Morgan fingerprint density at radius 1 is 1.07 bits per heavy atom. The van der Waals surface area contributed by atoms with Crippen molar-refractivity contribution in [3.05, 3.63) is 65.7 Å². The number of esters is 1. The molecule has 3 aromatic rings. The van der Waals surface area contributed by atoms with Crippen LogP contribution in [0.1, 0.15) is 24.8 Å². The quantitative estimate of drug-likeness (QED) is 0.443. The number of thiophene rings is 1. The molecule has 7 heteroatoms. The van der Waals surface area contributed by atoms with Gasteiger partial charge in [-0.05, 0) is 48.9 Å². The number of nitrogens with zero attached hydrogens (tertiary/aromatic N) is 3. The van der Waals surface area contributed by atoms with Gasteiger partial charge in [0.05, 0.1) is 10.6 Å². The second kappa shape index (κ2) is 9.54. The average molecular weight is 422 g/mol. The van der Waals surface area contributed by atoms with Crippen LogP contribution in [-0.4, -0.2) is 46.3 Å². The van der Waals surface area contributed by atoms with Crippen molar-refractivity contribution in [1.82, 2.24) is 14.7 Å². The van der Waals surface area contributed by atoms with Gasteiger partial charge in [-0.1, -0.05) is 24.3 Å². The van der Waals surface area contributed by atoms with Gasteiger partial charge >= 0.3 is 5.97 Å². The van der Waals surface area contributed by atoms with Gasteiger partial charge in [-0.25, -0.2) is 9.48 Å². The maximum absolute atomic E-state index is 12.2. The molecule has 1 aliphatic rings. The minimum absolute atomic E-state index is 0.132. The molecular formula is C23H23N3O3S. The zero-order valence-corrected chi connectivity index (χ0v) is 17.4. The van der Waals surface area contributed by atoms with Crippen molar-refractivity contribution in [2.75, 3.05) is 19.7 Å². The number of piperidine rings is 1. The second-order valence-electron chi connectivity index (χ2n) is 7.07. The molecule has 2 aromatic heterocycles. The van der Waals surface area contributed by atoms with E-state index in [-0.39, 0.29) is 12.5 Å². The molecule has 1 aromatic carbocycles. The zero-order chi connectivity index (χ0) is 20.8. The molecule has 0 aliphatic carbocycles. The fraction of sp³-hybridized carbons (Fsp3) is 0.261. The van der Waals surface area contributed by atoms with Crippen molar-refractivity contribution in [1.29, 1.82) is 0 Å². The van der Waals surface area contributed by atoms with Crippen molar-refractivity contribution in [2.24, 2.45) is 0 Å². The Hall–Kier alpha value is -3.19. The molecule has 154 valence electrons. The van der Waals surface area contributed by atoms with Crippen LogP contribution in [-0.2, 0) is 14.3 Å². The van der Waals surface area contributed by atoms with Crippen molar-refractivity contribution >= 4 is 29.3 Å². The number of amides is 1. The van der Waals surface area contributed by atoms with Gasteiger partial charge in [0.25, 0.3) is 5.91 Å². The first kappa shape index (κ1) is 20.1. The number of carbonyl (C=O) groups is 2. The SMILES string of the molecule is O=C(/C=C/c1cn(-c2ccccc2)nc1-c1cccs1)OCC(=O)N1CCCCC1. The molecule has 1 aliphatic heterocycles. The van der Waals surface area contributed by atoms with Crippen LogP contribution in [0.4, 0.5) is 0 Å². The van der Waals surface area contributed by atoms with E-state index in [0.717, 1.165) is 54.2 Å². The first-order valence-corrected chi connectivity index (χ1v) is 10.9. The molecule has 1 amide bonds.